The zero-order valence-electron chi connectivity index (χ0n) is 13.1. The molecule has 1 amide bonds. The number of hydrogen-bond acceptors (Lipinski definition) is 6. The molecule has 0 radical (unpaired) electrons. The maximum atomic E-state index is 12.3. The molecule has 1 N–H and O–H groups in total. The molecule has 0 aliphatic carbocycles. The van der Waals surface area contributed by atoms with Crippen LogP contribution in [0.1, 0.15) is 6.92 Å². The summed E-state index contributed by atoms with van der Waals surface area (Å²) in [5.74, 6) is -0.239. The van der Waals surface area contributed by atoms with Crippen LogP contribution in [0.15, 0.2) is 68.7 Å². The Morgan fingerprint density at radius 3 is 2.40 bits per heavy atom. The summed E-state index contributed by atoms with van der Waals surface area (Å²) in [6, 6.07) is 12.8. The highest BCUT2D eigenvalue weighted by Gasteiger charge is 2.17. The molecule has 3 rings (SSSR count). The normalized spacial score (nSPS) is 11.2. The molecule has 0 atom stereocenters. The molecule has 25 heavy (non-hydrogen) atoms. The Kier molecular flexibility index (Phi) is 4.28. The number of carbonyl (C=O) groups is 1. The Bertz CT molecular complexity index is 1100. The van der Waals surface area contributed by atoms with Crippen molar-refractivity contribution in [1.82, 2.24) is 0 Å². The molecule has 0 unspecified atom stereocenters. The van der Waals surface area contributed by atoms with E-state index in [9.17, 15) is 18.0 Å². The smallest absolute Gasteiger partial charge is 0.339 e. The standard InChI is InChI=1S/C17H13NO6S/c1-11(19)18-13-4-7-15(8-5-13)25(21,22)24-14-6-2-12-3-9-17(20)23-16(12)10-14/h2-10H,1H3,(H,18,19). The second kappa shape index (κ2) is 6.40. The van der Waals surface area contributed by atoms with Crippen molar-refractivity contribution in [3.8, 4) is 5.75 Å². The molecule has 128 valence electrons. The fourth-order valence-electron chi connectivity index (χ4n) is 2.18. The third kappa shape index (κ3) is 3.86. The van der Waals surface area contributed by atoms with Gasteiger partial charge in [0.15, 0.2) is 0 Å². The van der Waals surface area contributed by atoms with Crippen molar-refractivity contribution >= 4 is 32.7 Å². The Hall–Kier alpha value is -3.13. The number of anilines is 1. The molecule has 1 aromatic heterocycles. The van der Waals surface area contributed by atoms with Crippen molar-refractivity contribution in [2.45, 2.75) is 11.8 Å². The minimum absolute atomic E-state index is 0.0211. The van der Waals surface area contributed by atoms with Crippen LogP contribution in [-0.2, 0) is 14.9 Å². The van der Waals surface area contributed by atoms with Crippen molar-refractivity contribution in [2.24, 2.45) is 0 Å². The van der Waals surface area contributed by atoms with Crippen LogP contribution in [0.25, 0.3) is 11.0 Å². The summed E-state index contributed by atoms with van der Waals surface area (Å²) in [6.45, 7) is 1.35. The lowest BCUT2D eigenvalue weighted by atomic mass is 10.2. The average Bonchev–Trinajstić information content (AvgIpc) is 2.54. The predicted octanol–water partition coefficient (Wildman–Crippen LogP) is 2.52. The van der Waals surface area contributed by atoms with Crippen LogP contribution in [0.2, 0.25) is 0 Å². The molecule has 0 bridgehead atoms. The van der Waals surface area contributed by atoms with Gasteiger partial charge in [0, 0.05) is 30.1 Å². The monoisotopic (exact) mass is 359 g/mol. The molecule has 0 aliphatic rings. The van der Waals surface area contributed by atoms with Crippen molar-refractivity contribution < 1.29 is 21.8 Å². The van der Waals surface area contributed by atoms with Crippen LogP contribution in [0.4, 0.5) is 5.69 Å². The molecule has 0 spiro atoms. The number of carbonyl (C=O) groups excluding carboxylic acids is 1. The molecule has 0 aliphatic heterocycles. The molecule has 0 saturated heterocycles. The number of fused-ring (bicyclic) bond motifs is 1. The van der Waals surface area contributed by atoms with Gasteiger partial charge in [-0.2, -0.15) is 8.42 Å². The third-order valence-electron chi connectivity index (χ3n) is 3.26. The Balaban J connectivity index is 1.88. The first kappa shape index (κ1) is 16.7. The summed E-state index contributed by atoms with van der Waals surface area (Å²) in [5.41, 5.74) is 0.154. The summed E-state index contributed by atoms with van der Waals surface area (Å²) in [7, 11) is -4.07. The molecule has 2 aromatic carbocycles. The first-order valence-electron chi connectivity index (χ1n) is 7.19. The van der Waals surface area contributed by atoms with E-state index in [1.54, 1.807) is 12.1 Å². The van der Waals surface area contributed by atoms with Gasteiger partial charge in [0.05, 0.1) is 0 Å². The number of nitrogens with one attached hydrogen (secondary N) is 1. The zero-order valence-corrected chi connectivity index (χ0v) is 13.9. The molecule has 1 heterocycles. The Labute approximate surface area is 143 Å². The fraction of sp³-hybridized carbons (Fsp3) is 0.0588. The lowest BCUT2D eigenvalue weighted by Gasteiger charge is -2.08. The van der Waals surface area contributed by atoms with Crippen molar-refractivity contribution in [1.29, 1.82) is 0 Å². The van der Waals surface area contributed by atoms with E-state index in [-0.39, 0.29) is 22.1 Å². The molecular formula is C17H13NO6S. The number of rotatable bonds is 4. The zero-order chi connectivity index (χ0) is 18.0. The van der Waals surface area contributed by atoms with E-state index in [1.165, 1.54) is 49.4 Å². The molecule has 7 nitrogen and oxygen atoms in total. The summed E-state index contributed by atoms with van der Waals surface area (Å²) >= 11 is 0. The topological polar surface area (TPSA) is 103 Å². The summed E-state index contributed by atoms with van der Waals surface area (Å²) < 4.78 is 34.8. The maximum Gasteiger partial charge on any atom is 0.339 e. The van der Waals surface area contributed by atoms with E-state index in [4.69, 9.17) is 8.60 Å². The van der Waals surface area contributed by atoms with Crippen LogP contribution in [0, 0.1) is 0 Å². The lowest BCUT2D eigenvalue weighted by molar-refractivity contribution is -0.114. The maximum absolute atomic E-state index is 12.3. The number of amides is 1. The van der Waals surface area contributed by atoms with Crippen LogP contribution in [0.3, 0.4) is 0 Å². The summed E-state index contributed by atoms with van der Waals surface area (Å²) in [5, 5.41) is 3.18. The highest BCUT2D eigenvalue weighted by Crippen LogP contribution is 2.24. The van der Waals surface area contributed by atoms with Gasteiger partial charge in [-0.25, -0.2) is 4.79 Å². The van der Waals surface area contributed by atoms with Crippen LogP contribution >= 0.6 is 0 Å². The van der Waals surface area contributed by atoms with Crippen molar-refractivity contribution in [3.05, 3.63) is 65.0 Å². The molecular weight excluding hydrogens is 346 g/mol. The highest BCUT2D eigenvalue weighted by atomic mass is 32.2. The fourth-order valence-corrected chi connectivity index (χ4v) is 3.10. The second-order valence-electron chi connectivity index (χ2n) is 5.20. The lowest BCUT2D eigenvalue weighted by Crippen LogP contribution is -2.10. The van der Waals surface area contributed by atoms with Gasteiger partial charge in [0.2, 0.25) is 5.91 Å². The van der Waals surface area contributed by atoms with E-state index in [0.717, 1.165) is 0 Å². The first-order chi connectivity index (χ1) is 11.8. The number of benzene rings is 2. The van der Waals surface area contributed by atoms with Crippen LogP contribution < -0.4 is 15.1 Å². The van der Waals surface area contributed by atoms with Crippen LogP contribution in [0.5, 0.6) is 5.75 Å². The third-order valence-corrected chi connectivity index (χ3v) is 4.53. The average molecular weight is 359 g/mol. The molecule has 3 aromatic rings. The van der Waals surface area contributed by atoms with E-state index in [0.29, 0.717) is 11.1 Å². The number of hydrogen-bond donors (Lipinski definition) is 1. The quantitative estimate of drug-likeness (QED) is 0.567. The van der Waals surface area contributed by atoms with E-state index >= 15 is 0 Å². The van der Waals surface area contributed by atoms with Gasteiger partial charge in [-0.05, 0) is 42.5 Å². The van der Waals surface area contributed by atoms with Crippen molar-refractivity contribution in [2.75, 3.05) is 5.32 Å². The van der Waals surface area contributed by atoms with Crippen molar-refractivity contribution in [3.63, 3.8) is 0 Å². The van der Waals surface area contributed by atoms with Gasteiger partial charge in [-0.1, -0.05) is 0 Å². The van der Waals surface area contributed by atoms with E-state index in [2.05, 4.69) is 5.32 Å². The second-order valence-corrected chi connectivity index (χ2v) is 6.74. The van der Waals surface area contributed by atoms with Gasteiger partial charge in [0.1, 0.15) is 16.2 Å². The van der Waals surface area contributed by atoms with E-state index < -0.39 is 15.7 Å². The SMILES string of the molecule is CC(=O)Nc1ccc(S(=O)(=O)Oc2ccc3ccc(=O)oc3c2)cc1. The Morgan fingerprint density at radius 1 is 1.04 bits per heavy atom. The van der Waals surface area contributed by atoms with Gasteiger partial charge < -0.3 is 13.9 Å². The highest BCUT2D eigenvalue weighted by molar-refractivity contribution is 7.87. The van der Waals surface area contributed by atoms with E-state index in [1.807, 2.05) is 0 Å². The Morgan fingerprint density at radius 2 is 1.72 bits per heavy atom. The molecule has 0 saturated carbocycles. The minimum atomic E-state index is -4.07. The minimum Gasteiger partial charge on any atom is -0.423 e. The molecule has 0 fully saturated rings. The van der Waals surface area contributed by atoms with Gasteiger partial charge in [0.25, 0.3) is 0 Å². The first-order valence-corrected chi connectivity index (χ1v) is 8.60. The summed E-state index contributed by atoms with van der Waals surface area (Å²) in [4.78, 5) is 22.2. The largest absolute Gasteiger partial charge is 0.423 e. The van der Waals surface area contributed by atoms with Crippen LogP contribution in [-0.4, -0.2) is 14.3 Å². The molecule has 8 heteroatoms. The van der Waals surface area contributed by atoms with Gasteiger partial charge >= 0.3 is 15.7 Å². The van der Waals surface area contributed by atoms with Gasteiger partial charge in [-0.3, -0.25) is 4.79 Å². The summed E-state index contributed by atoms with van der Waals surface area (Å²) in [6.07, 6.45) is 0. The predicted molar refractivity (Wildman–Crippen MR) is 91.0 cm³/mol. The van der Waals surface area contributed by atoms with Gasteiger partial charge in [-0.15, -0.1) is 0 Å².